The second-order valence-electron chi connectivity index (χ2n) is 15.0. The Morgan fingerprint density at radius 1 is 0.466 bits per heavy atom. The van der Waals surface area contributed by atoms with Crippen LogP contribution in [0, 0.1) is 0 Å². The van der Waals surface area contributed by atoms with Crippen LogP contribution in [0.5, 0.6) is 0 Å². The number of allylic oxidation sites excluding steroid dienone is 8. The molecule has 0 amide bonds. The summed E-state index contributed by atoms with van der Waals surface area (Å²) in [5.41, 5.74) is 16.2. The maximum atomic E-state index is 12.1. The minimum atomic E-state index is -1.12. The van der Waals surface area contributed by atoms with Crippen LogP contribution in [-0.4, -0.2) is 53.6 Å². The Labute approximate surface area is 352 Å². The number of esters is 4. The number of carbonyl (C=O) groups is 5. The Bertz CT molecular complexity index is 1150. The van der Waals surface area contributed by atoms with Crippen LogP contribution in [0.4, 0.5) is 0 Å². The molecule has 0 saturated carbocycles. The van der Waals surface area contributed by atoms with E-state index >= 15 is 0 Å². The van der Waals surface area contributed by atoms with Crippen LogP contribution in [-0.2, 0) is 33.4 Å². The molecule has 0 fully saturated rings. The number of aliphatic carboxylic acids is 1. The zero-order chi connectivity index (χ0) is 43.3. The van der Waals surface area contributed by atoms with Gasteiger partial charge in [-0.05, 0) is 103 Å². The van der Waals surface area contributed by atoms with Crippen LogP contribution in [0.15, 0.2) is 48.6 Å². The van der Waals surface area contributed by atoms with Crippen molar-refractivity contribution in [2.24, 2.45) is 17.2 Å². The molecule has 0 rings (SSSR count). The van der Waals surface area contributed by atoms with Crippen LogP contribution in [0.25, 0.3) is 0 Å². The molecule has 0 aliphatic rings. The molecule has 0 bridgehead atoms. The first-order valence-corrected chi connectivity index (χ1v) is 22.6. The van der Waals surface area contributed by atoms with E-state index in [1.54, 1.807) is 0 Å². The lowest BCUT2D eigenvalue weighted by Crippen LogP contribution is -2.34. The molecular formula is C47H83N3O8. The van der Waals surface area contributed by atoms with Gasteiger partial charge in [-0.25, -0.2) is 4.79 Å². The van der Waals surface area contributed by atoms with E-state index in [4.69, 9.17) is 31.8 Å². The van der Waals surface area contributed by atoms with Gasteiger partial charge >= 0.3 is 29.8 Å². The van der Waals surface area contributed by atoms with Crippen molar-refractivity contribution in [2.75, 3.05) is 6.54 Å². The highest BCUT2D eigenvalue weighted by molar-refractivity contribution is 5.89. The van der Waals surface area contributed by atoms with Crippen LogP contribution in [0.1, 0.15) is 200 Å². The molecule has 0 aliphatic heterocycles. The third-order valence-electron chi connectivity index (χ3n) is 9.35. The van der Waals surface area contributed by atoms with Crippen molar-refractivity contribution in [3.63, 3.8) is 0 Å². The average Bonchev–Trinajstić information content (AvgIpc) is 3.20. The lowest BCUT2D eigenvalue weighted by atomic mass is 10.1. The maximum absolute atomic E-state index is 12.1. The molecule has 58 heavy (non-hydrogen) atoms. The van der Waals surface area contributed by atoms with Crippen molar-refractivity contribution < 1.29 is 38.6 Å². The number of hydrogen-bond donors (Lipinski definition) is 4. The molecule has 2 unspecified atom stereocenters. The first kappa shape index (κ1) is 56.7. The number of carboxylic acid groups (broad SMARTS) is 1. The van der Waals surface area contributed by atoms with E-state index in [2.05, 4.69) is 62.5 Å². The minimum Gasteiger partial charge on any atom is -0.480 e. The minimum absolute atomic E-state index is 0.0500. The molecule has 11 nitrogen and oxygen atoms in total. The van der Waals surface area contributed by atoms with Crippen molar-refractivity contribution >= 4 is 29.8 Å². The second kappa shape index (κ2) is 44.7. The van der Waals surface area contributed by atoms with Gasteiger partial charge in [-0.2, -0.15) is 0 Å². The van der Waals surface area contributed by atoms with Crippen molar-refractivity contribution in [2.45, 2.75) is 212 Å². The second-order valence-corrected chi connectivity index (χ2v) is 15.0. The summed E-state index contributed by atoms with van der Waals surface area (Å²) in [6.45, 7) is 5.04. The van der Waals surface area contributed by atoms with Gasteiger partial charge in [0.25, 0.3) is 0 Å². The molecule has 11 heteroatoms. The summed E-state index contributed by atoms with van der Waals surface area (Å²) >= 11 is 0. The zero-order valence-corrected chi connectivity index (χ0v) is 36.5. The van der Waals surface area contributed by atoms with E-state index in [-0.39, 0.29) is 25.7 Å². The summed E-state index contributed by atoms with van der Waals surface area (Å²) in [5, 5.41) is 8.33. The Hall–Kier alpha value is -3.41. The molecule has 2 atom stereocenters. The van der Waals surface area contributed by atoms with E-state index in [1.165, 1.54) is 51.4 Å². The largest absolute Gasteiger partial charge is 0.480 e. The standard InChI is InChI=1S/C41H69NO6.C6H14N2O2/c1-3-5-7-9-11-13-15-17-19-21-23-25-27-29-31-33-38(43)47-40(45)36-35-37(42)41(46)48-39(44)34-32-30-28-26-24-22-20-18-16-14-12-10-8-6-4-2;7-4-2-1-3-5(8)6(9)10/h11-14,17-20,37H,3-10,15-16,21-36,42H2,1-2H3;5H,1-4,7-8H2,(H,9,10)/b13-11-,14-12-,19-17-,20-18-;. The van der Waals surface area contributed by atoms with E-state index < -0.39 is 41.9 Å². The summed E-state index contributed by atoms with van der Waals surface area (Å²) in [6.07, 6.45) is 44.0. The van der Waals surface area contributed by atoms with Crippen LogP contribution in [0.3, 0.4) is 0 Å². The molecular weight excluding hydrogens is 735 g/mol. The third kappa shape index (κ3) is 43.7. The smallest absolute Gasteiger partial charge is 0.330 e. The lowest BCUT2D eigenvalue weighted by Gasteiger charge is -2.10. The quantitative estimate of drug-likeness (QED) is 0.0201. The predicted molar refractivity (Wildman–Crippen MR) is 237 cm³/mol. The number of hydrogen-bond acceptors (Lipinski definition) is 10. The van der Waals surface area contributed by atoms with Crippen LogP contribution >= 0.6 is 0 Å². The van der Waals surface area contributed by atoms with Gasteiger partial charge in [0.15, 0.2) is 0 Å². The van der Waals surface area contributed by atoms with Crippen LogP contribution < -0.4 is 17.2 Å². The zero-order valence-electron chi connectivity index (χ0n) is 36.5. The number of rotatable bonds is 37. The SMILES string of the molecule is CCCCC/C=C\C/C=C\CCCCCCCC(=O)OC(=O)CCC(N)C(=O)OC(=O)CCCCCCC/C=C\C/C=C\CCCCC.NCCCCC(N)C(=O)O. The number of carboxylic acids is 1. The molecule has 0 aliphatic carbocycles. The molecule has 0 aromatic carbocycles. The average molecular weight is 818 g/mol. The number of unbranched alkanes of at least 4 members (excludes halogenated alkanes) is 17. The van der Waals surface area contributed by atoms with Crippen molar-refractivity contribution in [3.8, 4) is 0 Å². The normalized spacial score (nSPS) is 12.6. The third-order valence-corrected chi connectivity index (χ3v) is 9.35. The topological polar surface area (TPSA) is 202 Å². The summed E-state index contributed by atoms with van der Waals surface area (Å²) in [4.78, 5) is 58.2. The Morgan fingerprint density at radius 2 is 0.862 bits per heavy atom. The van der Waals surface area contributed by atoms with E-state index in [0.717, 1.165) is 89.9 Å². The molecule has 0 aromatic rings. The summed E-state index contributed by atoms with van der Waals surface area (Å²) in [6, 6.07) is -1.84. The highest BCUT2D eigenvalue weighted by Gasteiger charge is 2.21. The highest BCUT2D eigenvalue weighted by atomic mass is 16.6. The van der Waals surface area contributed by atoms with Crippen molar-refractivity contribution in [1.29, 1.82) is 0 Å². The monoisotopic (exact) mass is 818 g/mol. The van der Waals surface area contributed by atoms with Gasteiger partial charge in [-0.1, -0.05) is 133 Å². The number of carbonyl (C=O) groups excluding carboxylic acids is 4. The number of ether oxygens (including phenoxy) is 2. The summed E-state index contributed by atoms with van der Waals surface area (Å²) in [7, 11) is 0. The molecule has 334 valence electrons. The van der Waals surface area contributed by atoms with Gasteiger partial charge in [-0.3, -0.25) is 19.2 Å². The highest BCUT2D eigenvalue weighted by Crippen LogP contribution is 2.11. The summed E-state index contributed by atoms with van der Waals surface area (Å²) in [5.74, 6) is -3.67. The molecule has 0 saturated heterocycles. The molecule has 0 aromatic heterocycles. The maximum Gasteiger partial charge on any atom is 0.330 e. The Balaban J connectivity index is 0. The van der Waals surface area contributed by atoms with Gasteiger partial charge in [0.05, 0.1) is 0 Å². The Kier molecular flexibility index (Phi) is 43.7. The molecule has 0 radical (unpaired) electrons. The molecule has 7 N–H and O–H groups in total. The van der Waals surface area contributed by atoms with Crippen molar-refractivity contribution in [3.05, 3.63) is 48.6 Å². The fraction of sp³-hybridized carbons (Fsp3) is 0.723. The van der Waals surface area contributed by atoms with E-state index in [1.807, 2.05) is 0 Å². The first-order chi connectivity index (χ1) is 28.1. The predicted octanol–water partition coefficient (Wildman–Crippen LogP) is 10.4. The van der Waals surface area contributed by atoms with Gasteiger partial charge in [0.1, 0.15) is 12.1 Å². The fourth-order valence-corrected chi connectivity index (χ4v) is 5.65. The lowest BCUT2D eigenvalue weighted by molar-refractivity contribution is -0.160. The summed E-state index contributed by atoms with van der Waals surface area (Å²) < 4.78 is 9.68. The van der Waals surface area contributed by atoms with Gasteiger partial charge in [-0.15, -0.1) is 0 Å². The molecule has 0 heterocycles. The van der Waals surface area contributed by atoms with E-state index in [9.17, 15) is 24.0 Å². The first-order valence-electron chi connectivity index (χ1n) is 22.6. The fourth-order valence-electron chi connectivity index (χ4n) is 5.65. The van der Waals surface area contributed by atoms with Crippen molar-refractivity contribution in [1.82, 2.24) is 0 Å². The Morgan fingerprint density at radius 3 is 1.29 bits per heavy atom. The van der Waals surface area contributed by atoms with Gasteiger partial charge in [0, 0.05) is 19.3 Å². The van der Waals surface area contributed by atoms with Gasteiger partial charge in [0.2, 0.25) is 0 Å². The van der Waals surface area contributed by atoms with Crippen LogP contribution in [0.2, 0.25) is 0 Å². The molecule has 0 spiro atoms. The van der Waals surface area contributed by atoms with Gasteiger partial charge < -0.3 is 31.8 Å². The number of nitrogens with two attached hydrogens (primary N) is 3. The van der Waals surface area contributed by atoms with E-state index in [0.29, 0.717) is 25.8 Å².